The third-order valence-corrected chi connectivity index (χ3v) is 4.79. The Balaban J connectivity index is 1.79. The van der Waals surface area contributed by atoms with Crippen LogP contribution in [0.4, 0.5) is 14.9 Å². The predicted octanol–water partition coefficient (Wildman–Crippen LogP) is 3.52. The molecular weight excluding hydrogens is 337 g/mol. The summed E-state index contributed by atoms with van der Waals surface area (Å²) in [5.41, 5.74) is 1.88. The Morgan fingerprint density at radius 3 is 2.69 bits per heavy atom. The second kappa shape index (κ2) is 6.74. The summed E-state index contributed by atoms with van der Waals surface area (Å²) >= 11 is 0. The van der Waals surface area contributed by atoms with Gasteiger partial charge in [-0.3, -0.25) is 9.78 Å². The molecule has 0 spiro atoms. The minimum atomic E-state index is -0.915. The van der Waals surface area contributed by atoms with Crippen LogP contribution in [0.25, 0.3) is 11.1 Å². The summed E-state index contributed by atoms with van der Waals surface area (Å²) in [6.07, 6.45) is 3.11. The number of amides is 2. The number of aliphatic carboxylic acids is 1. The molecule has 2 heterocycles. The van der Waals surface area contributed by atoms with Gasteiger partial charge in [0.2, 0.25) is 0 Å². The molecule has 6 nitrogen and oxygen atoms in total. The summed E-state index contributed by atoms with van der Waals surface area (Å²) in [6.45, 7) is 4.06. The minimum Gasteiger partial charge on any atom is -0.481 e. The smallest absolute Gasteiger partial charge is 0.321 e. The van der Waals surface area contributed by atoms with Crippen LogP contribution in [-0.4, -0.2) is 40.1 Å². The summed E-state index contributed by atoms with van der Waals surface area (Å²) in [7, 11) is 0. The molecule has 2 amide bonds. The topological polar surface area (TPSA) is 82.5 Å². The van der Waals surface area contributed by atoms with E-state index in [9.17, 15) is 19.1 Å². The lowest BCUT2D eigenvalue weighted by molar-refractivity contribution is -0.146. The maximum Gasteiger partial charge on any atom is 0.321 e. The van der Waals surface area contributed by atoms with Crippen molar-refractivity contribution in [2.24, 2.45) is 5.41 Å². The van der Waals surface area contributed by atoms with E-state index in [0.717, 1.165) is 17.3 Å². The molecule has 136 valence electrons. The fourth-order valence-corrected chi connectivity index (χ4v) is 3.01. The van der Waals surface area contributed by atoms with E-state index in [2.05, 4.69) is 10.3 Å². The van der Waals surface area contributed by atoms with E-state index in [4.69, 9.17) is 0 Å². The molecule has 3 rings (SSSR count). The predicted molar refractivity (Wildman–Crippen MR) is 95.3 cm³/mol. The first-order valence-corrected chi connectivity index (χ1v) is 8.29. The number of aromatic nitrogens is 1. The van der Waals surface area contributed by atoms with Gasteiger partial charge in [0.05, 0.1) is 11.6 Å². The van der Waals surface area contributed by atoms with Crippen molar-refractivity contribution in [3.05, 3.63) is 48.0 Å². The maximum absolute atomic E-state index is 13.4. The molecule has 1 aromatic heterocycles. The van der Waals surface area contributed by atoms with Crippen LogP contribution in [-0.2, 0) is 4.79 Å². The number of carboxylic acids is 1. The molecule has 2 aromatic rings. The number of hydrogen-bond donors (Lipinski definition) is 2. The van der Waals surface area contributed by atoms with Crippen molar-refractivity contribution in [1.82, 2.24) is 9.88 Å². The SMILES string of the molecule is Cc1ccc(-c2cncc(F)c2)cc1NC(=O)N1CCC(C)(C(=O)O)C1. The zero-order valence-electron chi connectivity index (χ0n) is 14.6. The van der Waals surface area contributed by atoms with Gasteiger partial charge in [0.1, 0.15) is 5.82 Å². The number of likely N-dealkylation sites (tertiary alicyclic amines) is 1. The quantitative estimate of drug-likeness (QED) is 0.880. The van der Waals surface area contributed by atoms with Crippen LogP contribution in [0.5, 0.6) is 0 Å². The number of aryl methyl sites for hydroxylation is 1. The first-order chi connectivity index (χ1) is 12.3. The largest absolute Gasteiger partial charge is 0.481 e. The lowest BCUT2D eigenvalue weighted by Crippen LogP contribution is -2.37. The lowest BCUT2D eigenvalue weighted by Gasteiger charge is -2.21. The van der Waals surface area contributed by atoms with E-state index >= 15 is 0 Å². The van der Waals surface area contributed by atoms with Crippen LogP contribution >= 0.6 is 0 Å². The third kappa shape index (κ3) is 3.51. The monoisotopic (exact) mass is 357 g/mol. The van der Waals surface area contributed by atoms with Crippen LogP contribution in [0.1, 0.15) is 18.9 Å². The van der Waals surface area contributed by atoms with Crippen LogP contribution in [0, 0.1) is 18.2 Å². The number of rotatable bonds is 3. The summed E-state index contributed by atoms with van der Waals surface area (Å²) in [5, 5.41) is 12.1. The average Bonchev–Trinajstić information content (AvgIpc) is 3.01. The Kier molecular flexibility index (Phi) is 4.63. The molecule has 1 aliphatic heterocycles. The minimum absolute atomic E-state index is 0.167. The van der Waals surface area contributed by atoms with Gasteiger partial charge in [-0.2, -0.15) is 0 Å². The van der Waals surface area contributed by atoms with Gasteiger partial charge in [-0.05, 0) is 43.5 Å². The van der Waals surface area contributed by atoms with Crippen molar-refractivity contribution in [1.29, 1.82) is 0 Å². The molecule has 7 heteroatoms. The second-order valence-electron chi connectivity index (χ2n) is 6.89. The van der Waals surface area contributed by atoms with Crippen LogP contribution in [0.15, 0.2) is 36.7 Å². The number of benzene rings is 1. The molecule has 0 aliphatic carbocycles. The van der Waals surface area contributed by atoms with Crippen molar-refractivity contribution in [2.75, 3.05) is 18.4 Å². The van der Waals surface area contributed by atoms with Crippen molar-refractivity contribution in [3.63, 3.8) is 0 Å². The third-order valence-electron chi connectivity index (χ3n) is 4.79. The number of urea groups is 1. The highest BCUT2D eigenvalue weighted by atomic mass is 19.1. The van der Waals surface area contributed by atoms with E-state index in [-0.39, 0.29) is 12.6 Å². The molecular formula is C19H20FN3O3. The van der Waals surface area contributed by atoms with Crippen molar-refractivity contribution < 1.29 is 19.1 Å². The number of carboxylic acid groups (broad SMARTS) is 1. The Labute approximate surface area is 150 Å². The van der Waals surface area contributed by atoms with Crippen molar-refractivity contribution in [2.45, 2.75) is 20.3 Å². The highest BCUT2D eigenvalue weighted by Gasteiger charge is 2.42. The fourth-order valence-electron chi connectivity index (χ4n) is 3.01. The van der Waals surface area contributed by atoms with Gasteiger partial charge in [-0.1, -0.05) is 12.1 Å². The number of nitrogens with zero attached hydrogens (tertiary/aromatic N) is 2. The zero-order chi connectivity index (χ0) is 18.9. The zero-order valence-corrected chi connectivity index (χ0v) is 14.6. The molecule has 1 aliphatic rings. The van der Waals surface area contributed by atoms with E-state index in [1.165, 1.54) is 11.0 Å². The number of nitrogens with one attached hydrogen (secondary N) is 1. The number of hydrogen-bond acceptors (Lipinski definition) is 3. The van der Waals surface area contributed by atoms with Gasteiger partial charge in [-0.15, -0.1) is 0 Å². The molecule has 1 saturated heterocycles. The molecule has 1 atom stereocenters. The lowest BCUT2D eigenvalue weighted by atomic mass is 9.90. The molecule has 0 saturated carbocycles. The standard InChI is InChI=1S/C19H20FN3O3/c1-12-3-4-13(14-7-15(20)10-21-9-14)8-16(12)22-18(26)23-6-5-19(2,11-23)17(24)25/h3-4,7-10H,5-6,11H2,1-2H3,(H,22,26)(H,24,25). The first kappa shape index (κ1) is 17.8. The fraction of sp³-hybridized carbons (Fsp3) is 0.316. The Bertz CT molecular complexity index is 871. The van der Waals surface area contributed by atoms with Gasteiger partial charge in [-0.25, -0.2) is 9.18 Å². The van der Waals surface area contributed by atoms with Crippen LogP contribution in [0.3, 0.4) is 0 Å². The summed E-state index contributed by atoms with van der Waals surface area (Å²) < 4.78 is 13.4. The van der Waals surface area contributed by atoms with Gasteiger partial charge >= 0.3 is 12.0 Å². The molecule has 2 N–H and O–H groups in total. The van der Waals surface area contributed by atoms with E-state index < -0.39 is 17.2 Å². The maximum atomic E-state index is 13.4. The van der Waals surface area contributed by atoms with Gasteiger partial charge in [0, 0.05) is 30.5 Å². The van der Waals surface area contributed by atoms with Crippen molar-refractivity contribution in [3.8, 4) is 11.1 Å². The summed E-state index contributed by atoms with van der Waals surface area (Å²) in [6, 6.07) is 6.46. The van der Waals surface area contributed by atoms with E-state index in [1.807, 2.05) is 19.1 Å². The van der Waals surface area contributed by atoms with Crippen molar-refractivity contribution >= 4 is 17.7 Å². The Morgan fingerprint density at radius 1 is 1.27 bits per heavy atom. The van der Waals surface area contributed by atoms with E-state index in [1.54, 1.807) is 19.2 Å². The summed E-state index contributed by atoms with van der Waals surface area (Å²) in [4.78, 5) is 29.2. The van der Waals surface area contributed by atoms with Gasteiger partial charge < -0.3 is 15.3 Å². The van der Waals surface area contributed by atoms with Crippen LogP contribution < -0.4 is 5.32 Å². The van der Waals surface area contributed by atoms with Crippen LogP contribution in [0.2, 0.25) is 0 Å². The molecule has 1 aromatic carbocycles. The molecule has 0 bridgehead atoms. The number of anilines is 1. The number of halogens is 1. The Morgan fingerprint density at radius 2 is 2.04 bits per heavy atom. The normalized spacial score (nSPS) is 19.4. The molecule has 1 fully saturated rings. The molecule has 26 heavy (non-hydrogen) atoms. The second-order valence-corrected chi connectivity index (χ2v) is 6.89. The van der Waals surface area contributed by atoms with Gasteiger partial charge in [0.15, 0.2) is 0 Å². The first-order valence-electron chi connectivity index (χ1n) is 8.29. The van der Waals surface area contributed by atoms with E-state index in [0.29, 0.717) is 24.2 Å². The molecule has 1 unspecified atom stereocenters. The Hall–Kier alpha value is -2.96. The molecule has 0 radical (unpaired) electrons. The number of pyridine rings is 1. The number of carbonyl (C=O) groups is 2. The average molecular weight is 357 g/mol. The summed E-state index contributed by atoms with van der Waals surface area (Å²) in [5.74, 6) is -1.33. The number of carbonyl (C=O) groups excluding carboxylic acids is 1. The van der Waals surface area contributed by atoms with Gasteiger partial charge in [0.25, 0.3) is 0 Å². The highest BCUT2D eigenvalue weighted by Crippen LogP contribution is 2.31. The highest BCUT2D eigenvalue weighted by molar-refractivity contribution is 5.92.